The highest BCUT2D eigenvalue weighted by Crippen LogP contribution is 2.01. The molecular weight excluding hydrogens is 152 g/mol. The third-order valence-electron chi connectivity index (χ3n) is 1.17. The number of amides is 2. The second-order valence-corrected chi connectivity index (χ2v) is 1.89. The van der Waals surface area contributed by atoms with Crippen LogP contribution in [0.2, 0.25) is 0 Å². The lowest BCUT2D eigenvalue weighted by atomic mass is 10.2. The van der Waals surface area contributed by atoms with Crippen molar-refractivity contribution in [2.45, 2.75) is 6.04 Å². The Morgan fingerprint density at radius 2 is 2.27 bits per heavy atom. The fourth-order valence-electron chi connectivity index (χ4n) is 0.703. The van der Waals surface area contributed by atoms with Crippen LogP contribution in [0.4, 0.5) is 4.79 Å². The number of urea groups is 1. The topological polar surface area (TPSA) is 95.5 Å². The molecule has 11 heavy (non-hydrogen) atoms. The van der Waals surface area contributed by atoms with E-state index < -0.39 is 18.0 Å². The molecule has 1 atom stereocenters. The number of aliphatic carboxylic acids is 1. The molecule has 0 aromatic heterocycles. The van der Waals surface area contributed by atoms with Gasteiger partial charge in [-0.25, -0.2) is 14.4 Å². The standard InChI is InChI=1S/C5H4N2O4/c8-1-2-3(4(9)10)7-5(11)6-2/h3H,(H,9,10)(H2,6,7,11). The smallest absolute Gasteiger partial charge is 0.333 e. The van der Waals surface area contributed by atoms with E-state index in [2.05, 4.69) is 0 Å². The molecule has 1 heterocycles. The Bertz CT molecular complexity index is 266. The van der Waals surface area contributed by atoms with Gasteiger partial charge in [0.2, 0.25) is 0 Å². The largest absolute Gasteiger partial charge is 0.479 e. The van der Waals surface area contributed by atoms with Gasteiger partial charge in [-0.05, 0) is 0 Å². The molecule has 6 heteroatoms. The lowest BCUT2D eigenvalue weighted by Gasteiger charge is -1.98. The molecule has 1 unspecified atom stereocenters. The SMILES string of the molecule is O=C=C1NC(=O)NC1C(=O)O. The average Bonchev–Trinajstić information content (AvgIpc) is 2.30. The minimum atomic E-state index is -1.29. The molecule has 6 nitrogen and oxygen atoms in total. The van der Waals surface area contributed by atoms with E-state index in [0.717, 1.165) is 0 Å². The van der Waals surface area contributed by atoms with Crippen molar-refractivity contribution in [1.29, 1.82) is 0 Å². The third kappa shape index (κ3) is 1.20. The van der Waals surface area contributed by atoms with Gasteiger partial charge >= 0.3 is 12.0 Å². The summed E-state index contributed by atoms with van der Waals surface area (Å²) in [5.74, 6) is 0.0270. The van der Waals surface area contributed by atoms with Gasteiger partial charge in [0.05, 0.1) is 0 Å². The van der Waals surface area contributed by atoms with E-state index in [1.54, 1.807) is 0 Å². The average molecular weight is 156 g/mol. The molecule has 2 amide bonds. The van der Waals surface area contributed by atoms with E-state index in [1.165, 1.54) is 5.94 Å². The monoisotopic (exact) mass is 156 g/mol. The Kier molecular flexibility index (Phi) is 1.61. The van der Waals surface area contributed by atoms with Gasteiger partial charge in [0.1, 0.15) is 11.6 Å². The van der Waals surface area contributed by atoms with Gasteiger partial charge in [-0.2, -0.15) is 0 Å². The number of nitrogens with one attached hydrogen (secondary N) is 2. The van der Waals surface area contributed by atoms with Crippen LogP contribution in [0.3, 0.4) is 0 Å². The van der Waals surface area contributed by atoms with Crippen molar-refractivity contribution in [3.05, 3.63) is 5.70 Å². The summed E-state index contributed by atoms with van der Waals surface area (Å²) >= 11 is 0. The van der Waals surface area contributed by atoms with Crippen molar-refractivity contribution < 1.29 is 19.5 Å². The predicted molar refractivity (Wildman–Crippen MR) is 32.3 cm³/mol. The Labute approximate surface area is 60.9 Å². The van der Waals surface area contributed by atoms with Crippen molar-refractivity contribution in [3.63, 3.8) is 0 Å². The molecule has 0 spiro atoms. The van der Waals surface area contributed by atoms with Crippen molar-refractivity contribution in [2.75, 3.05) is 0 Å². The molecule has 0 aromatic rings. The van der Waals surface area contributed by atoms with E-state index in [4.69, 9.17) is 5.11 Å². The second kappa shape index (κ2) is 2.43. The van der Waals surface area contributed by atoms with Crippen molar-refractivity contribution in [1.82, 2.24) is 10.6 Å². The van der Waals surface area contributed by atoms with E-state index in [9.17, 15) is 14.4 Å². The van der Waals surface area contributed by atoms with E-state index in [0.29, 0.717) is 0 Å². The molecule has 1 saturated heterocycles. The van der Waals surface area contributed by atoms with Gasteiger partial charge in [-0.3, -0.25) is 5.32 Å². The number of carbonyl (C=O) groups excluding carboxylic acids is 2. The first-order valence-corrected chi connectivity index (χ1v) is 2.70. The normalized spacial score (nSPS) is 22.0. The zero-order valence-electron chi connectivity index (χ0n) is 5.25. The molecule has 1 fully saturated rings. The highest BCUT2D eigenvalue weighted by atomic mass is 16.4. The molecule has 3 N–H and O–H groups in total. The van der Waals surface area contributed by atoms with Gasteiger partial charge in [0.15, 0.2) is 6.04 Å². The van der Waals surface area contributed by atoms with Crippen molar-refractivity contribution in [3.8, 4) is 0 Å². The van der Waals surface area contributed by atoms with Crippen LogP contribution in [0, 0.1) is 0 Å². The summed E-state index contributed by atoms with van der Waals surface area (Å²) in [6.07, 6.45) is 0. The maximum Gasteiger partial charge on any atom is 0.333 e. The summed E-state index contributed by atoms with van der Waals surface area (Å²) in [5.41, 5.74) is -0.289. The van der Waals surface area contributed by atoms with Crippen molar-refractivity contribution in [2.24, 2.45) is 0 Å². The molecule has 1 aliphatic heterocycles. The zero-order valence-corrected chi connectivity index (χ0v) is 5.25. The van der Waals surface area contributed by atoms with E-state index >= 15 is 0 Å². The maximum absolute atomic E-state index is 10.4. The fourth-order valence-corrected chi connectivity index (χ4v) is 0.703. The number of rotatable bonds is 1. The first-order chi connectivity index (χ1) is 5.15. The summed E-state index contributed by atoms with van der Waals surface area (Å²) in [7, 11) is 0. The molecule has 1 rings (SSSR count). The predicted octanol–water partition coefficient (Wildman–Crippen LogP) is -1.53. The van der Waals surface area contributed by atoms with Crippen LogP contribution in [0.15, 0.2) is 5.70 Å². The minimum Gasteiger partial charge on any atom is -0.479 e. The Hall–Kier alpha value is -1.81. The number of hydrogen-bond donors (Lipinski definition) is 3. The van der Waals surface area contributed by atoms with Crippen LogP contribution in [0.1, 0.15) is 0 Å². The molecule has 0 aliphatic carbocycles. The zero-order chi connectivity index (χ0) is 8.43. The molecule has 0 radical (unpaired) electrons. The fraction of sp³-hybridized carbons (Fsp3) is 0.200. The quantitative estimate of drug-likeness (QED) is 0.401. The summed E-state index contributed by atoms with van der Waals surface area (Å²) < 4.78 is 0. The van der Waals surface area contributed by atoms with Crippen LogP contribution >= 0.6 is 0 Å². The highest BCUT2D eigenvalue weighted by molar-refractivity contribution is 5.94. The van der Waals surface area contributed by atoms with Gasteiger partial charge in [0, 0.05) is 0 Å². The first-order valence-electron chi connectivity index (χ1n) is 2.70. The Balaban J connectivity index is 2.90. The first kappa shape index (κ1) is 7.30. The van der Waals surface area contributed by atoms with Crippen LogP contribution in [0.25, 0.3) is 0 Å². The molecule has 1 aliphatic rings. The van der Waals surface area contributed by atoms with Crippen molar-refractivity contribution >= 4 is 17.9 Å². The lowest BCUT2D eigenvalue weighted by Crippen LogP contribution is -2.33. The summed E-state index contributed by atoms with van der Waals surface area (Å²) in [6.45, 7) is 0. The Morgan fingerprint density at radius 1 is 1.64 bits per heavy atom. The minimum absolute atomic E-state index is 0.289. The van der Waals surface area contributed by atoms with Gasteiger partial charge in [-0.15, -0.1) is 0 Å². The van der Waals surface area contributed by atoms with Gasteiger partial charge in [0.25, 0.3) is 0 Å². The molecule has 0 aromatic carbocycles. The molecular formula is C5H4N2O4. The van der Waals surface area contributed by atoms with E-state index in [-0.39, 0.29) is 5.70 Å². The number of carbonyl (C=O) groups is 2. The summed E-state index contributed by atoms with van der Waals surface area (Å²) in [4.78, 5) is 30.7. The summed E-state index contributed by atoms with van der Waals surface area (Å²) in [5, 5.41) is 12.4. The maximum atomic E-state index is 10.4. The molecule has 0 bridgehead atoms. The summed E-state index contributed by atoms with van der Waals surface area (Å²) in [6, 6.07) is -1.98. The lowest BCUT2D eigenvalue weighted by molar-refractivity contribution is -0.137. The number of hydrogen-bond acceptors (Lipinski definition) is 3. The van der Waals surface area contributed by atoms with Crippen LogP contribution in [0.5, 0.6) is 0 Å². The van der Waals surface area contributed by atoms with E-state index in [1.807, 2.05) is 10.6 Å². The third-order valence-corrected chi connectivity index (χ3v) is 1.17. The number of carboxylic acids is 1. The second-order valence-electron chi connectivity index (χ2n) is 1.89. The Morgan fingerprint density at radius 3 is 2.64 bits per heavy atom. The molecule has 0 saturated carbocycles. The van der Waals surface area contributed by atoms with Gasteiger partial charge < -0.3 is 10.4 Å². The van der Waals surface area contributed by atoms with Crippen LogP contribution < -0.4 is 10.6 Å². The van der Waals surface area contributed by atoms with Gasteiger partial charge in [-0.1, -0.05) is 0 Å². The number of carboxylic acid groups (broad SMARTS) is 1. The van der Waals surface area contributed by atoms with Crippen LogP contribution in [-0.2, 0) is 9.59 Å². The molecule has 58 valence electrons. The van der Waals surface area contributed by atoms with Crippen LogP contribution in [-0.4, -0.2) is 29.1 Å². The highest BCUT2D eigenvalue weighted by Gasteiger charge is 2.32.